The van der Waals surface area contributed by atoms with E-state index in [9.17, 15) is 9.90 Å². The van der Waals surface area contributed by atoms with Gasteiger partial charge in [0.2, 0.25) is 0 Å². The van der Waals surface area contributed by atoms with Gasteiger partial charge < -0.3 is 10.4 Å². The van der Waals surface area contributed by atoms with Gasteiger partial charge in [0.1, 0.15) is 0 Å². The highest BCUT2D eigenvalue weighted by Gasteiger charge is 2.54. The highest BCUT2D eigenvalue weighted by Crippen LogP contribution is 2.63. The number of hydrogen-bond acceptors (Lipinski definition) is 2. The van der Waals surface area contributed by atoms with Crippen LogP contribution in [0.25, 0.3) is 0 Å². The molecule has 2 aromatic rings. The topological polar surface area (TPSA) is 49.3 Å². The van der Waals surface area contributed by atoms with Crippen molar-refractivity contribution in [1.29, 1.82) is 0 Å². The van der Waals surface area contributed by atoms with Crippen LogP contribution in [0.2, 0.25) is 0 Å². The Kier molecular flexibility index (Phi) is 3.59. The standard InChI is InChI=1S/C23H25NO2/c1-2-13-6-8-14(9-7-13)21-20-16-11-10-15(12-16)19(20)17-4-3-5-18(23(25)26)22(17)24-21/h3-9,15-16,19-21,24H,2,10-12H2,1H3,(H,25,26)/t15-,16+,19-,20+,21-/m0/s1. The third kappa shape index (κ3) is 2.22. The summed E-state index contributed by atoms with van der Waals surface area (Å²) in [7, 11) is 0. The minimum Gasteiger partial charge on any atom is -0.478 e. The second kappa shape index (κ2) is 5.87. The average Bonchev–Trinajstić information content (AvgIpc) is 3.29. The Hall–Kier alpha value is -2.29. The largest absolute Gasteiger partial charge is 0.478 e. The first-order chi connectivity index (χ1) is 12.7. The molecule has 5 atom stereocenters. The molecule has 0 aromatic heterocycles. The van der Waals surface area contributed by atoms with Crippen LogP contribution in [-0.4, -0.2) is 11.1 Å². The van der Waals surface area contributed by atoms with E-state index < -0.39 is 5.97 Å². The van der Waals surface area contributed by atoms with Crippen molar-refractivity contribution < 1.29 is 9.90 Å². The molecule has 5 rings (SSSR count). The first kappa shape index (κ1) is 15.9. The molecule has 3 nitrogen and oxygen atoms in total. The van der Waals surface area contributed by atoms with Crippen LogP contribution in [0.4, 0.5) is 5.69 Å². The Morgan fingerprint density at radius 1 is 1.12 bits per heavy atom. The van der Waals surface area contributed by atoms with Crippen molar-refractivity contribution in [1.82, 2.24) is 0 Å². The average molecular weight is 347 g/mol. The summed E-state index contributed by atoms with van der Waals surface area (Å²) in [5, 5.41) is 13.4. The number of carboxylic acids is 1. The maximum Gasteiger partial charge on any atom is 0.337 e. The number of rotatable bonds is 3. The molecule has 0 saturated heterocycles. The highest BCUT2D eigenvalue weighted by molar-refractivity contribution is 5.95. The fraction of sp³-hybridized carbons (Fsp3) is 0.435. The SMILES string of the molecule is CCc1ccc([C@@H]2Nc3c(C(=O)O)cccc3[C@@H]3[C@H]4CC[C@H](C4)[C@H]32)cc1. The zero-order valence-corrected chi connectivity index (χ0v) is 15.1. The summed E-state index contributed by atoms with van der Waals surface area (Å²) in [4.78, 5) is 11.8. The van der Waals surface area contributed by atoms with Crippen LogP contribution in [-0.2, 0) is 6.42 Å². The van der Waals surface area contributed by atoms with Gasteiger partial charge in [-0.25, -0.2) is 4.79 Å². The lowest BCUT2D eigenvalue weighted by Gasteiger charge is -2.44. The predicted octanol–water partition coefficient (Wildman–Crippen LogP) is 5.24. The maximum absolute atomic E-state index is 11.8. The predicted molar refractivity (Wildman–Crippen MR) is 103 cm³/mol. The molecule has 3 aliphatic rings. The number of benzene rings is 2. The van der Waals surface area contributed by atoms with E-state index in [1.165, 1.54) is 36.0 Å². The highest BCUT2D eigenvalue weighted by atomic mass is 16.4. The Bertz CT molecular complexity index is 857. The van der Waals surface area contributed by atoms with Gasteiger partial charge in [-0.05, 0) is 72.1 Å². The van der Waals surface area contributed by atoms with Crippen molar-refractivity contribution in [3.63, 3.8) is 0 Å². The minimum atomic E-state index is -0.837. The van der Waals surface area contributed by atoms with Crippen LogP contribution in [0.1, 0.15) is 65.2 Å². The number of carbonyl (C=O) groups is 1. The second-order valence-corrected chi connectivity index (χ2v) is 8.23. The molecule has 0 radical (unpaired) electrons. The van der Waals surface area contributed by atoms with Gasteiger partial charge in [0.25, 0.3) is 0 Å². The van der Waals surface area contributed by atoms with Crippen LogP contribution in [0.3, 0.4) is 0 Å². The van der Waals surface area contributed by atoms with Crippen LogP contribution >= 0.6 is 0 Å². The number of para-hydroxylation sites is 1. The number of hydrogen-bond donors (Lipinski definition) is 2. The summed E-state index contributed by atoms with van der Waals surface area (Å²) in [6, 6.07) is 15.0. The quantitative estimate of drug-likeness (QED) is 0.798. The fourth-order valence-corrected chi connectivity index (χ4v) is 5.98. The summed E-state index contributed by atoms with van der Waals surface area (Å²) >= 11 is 0. The summed E-state index contributed by atoms with van der Waals surface area (Å²) in [5.41, 5.74) is 5.16. The lowest BCUT2D eigenvalue weighted by Crippen LogP contribution is -2.36. The molecule has 1 heterocycles. The molecule has 0 spiro atoms. The molecule has 2 N–H and O–H groups in total. The third-order valence-corrected chi connectivity index (χ3v) is 7.10. The smallest absolute Gasteiger partial charge is 0.337 e. The van der Waals surface area contributed by atoms with E-state index in [2.05, 4.69) is 42.6 Å². The van der Waals surface area contributed by atoms with Crippen molar-refractivity contribution in [2.75, 3.05) is 5.32 Å². The molecule has 2 aromatic carbocycles. The zero-order valence-electron chi connectivity index (χ0n) is 15.1. The number of fused-ring (bicyclic) bond motifs is 7. The van der Waals surface area contributed by atoms with E-state index in [1.54, 1.807) is 6.07 Å². The van der Waals surface area contributed by atoms with Crippen molar-refractivity contribution in [2.24, 2.45) is 17.8 Å². The Labute approximate surface area is 154 Å². The van der Waals surface area contributed by atoms with Gasteiger partial charge >= 0.3 is 5.97 Å². The second-order valence-electron chi connectivity index (χ2n) is 8.23. The van der Waals surface area contributed by atoms with Crippen molar-refractivity contribution in [3.8, 4) is 0 Å². The van der Waals surface area contributed by atoms with Gasteiger partial charge in [-0.2, -0.15) is 0 Å². The normalized spacial score (nSPS) is 31.2. The van der Waals surface area contributed by atoms with Gasteiger partial charge in [0, 0.05) is 0 Å². The lowest BCUT2D eigenvalue weighted by molar-refractivity contribution is 0.0697. The first-order valence-electron chi connectivity index (χ1n) is 9.89. The number of nitrogens with one attached hydrogen (secondary N) is 1. The molecule has 134 valence electrons. The fourth-order valence-electron chi connectivity index (χ4n) is 5.98. The molecule has 1 aliphatic heterocycles. The van der Waals surface area contributed by atoms with Crippen molar-refractivity contribution in [3.05, 3.63) is 64.7 Å². The van der Waals surface area contributed by atoms with Gasteiger partial charge in [-0.3, -0.25) is 0 Å². The van der Waals surface area contributed by atoms with Gasteiger partial charge in [-0.1, -0.05) is 43.3 Å². The van der Waals surface area contributed by atoms with Gasteiger partial charge in [-0.15, -0.1) is 0 Å². The lowest BCUT2D eigenvalue weighted by atomic mass is 9.67. The van der Waals surface area contributed by atoms with Crippen LogP contribution in [0.15, 0.2) is 42.5 Å². The summed E-state index contributed by atoms with van der Waals surface area (Å²) in [6.07, 6.45) is 4.97. The number of carboxylic acid groups (broad SMARTS) is 1. The van der Waals surface area contributed by atoms with E-state index in [4.69, 9.17) is 0 Å². The molecular weight excluding hydrogens is 322 g/mol. The summed E-state index contributed by atoms with van der Waals surface area (Å²) < 4.78 is 0. The van der Waals surface area contributed by atoms with Crippen molar-refractivity contribution in [2.45, 2.75) is 44.6 Å². The molecule has 0 amide bonds. The summed E-state index contributed by atoms with van der Waals surface area (Å²) in [5.74, 6) is 1.72. The first-order valence-corrected chi connectivity index (χ1v) is 9.89. The minimum absolute atomic E-state index is 0.217. The maximum atomic E-state index is 11.8. The zero-order chi connectivity index (χ0) is 17.8. The monoisotopic (exact) mass is 347 g/mol. The molecule has 0 unspecified atom stereocenters. The Morgan fingerprint density at radius 3 is 2.62 bits per heavy atom. The molecular formula is C23H25NO2. The van der Waals surface area contributed by atoms with E-state index in [0.29, 0.717) is 23.3 Å². The molecule has 2 aliphatic carbocycles. The van der Waals surface area contributed by atoms with E-state index in [-0.39, 0.29) is 6.04 Å². The number of aryl methyl sites for hydroxylation is 1. The number of aromatic carboxylic acids is 1. The van der Waals surface area contributed by atoms with Crippen LogP contribution in [0.5, 0.6) is 0 Å². The molecule has 2 bridgehead atoms. The molecule has 2 fully saturated rings. The third-order valence-electron chi connectivity index (χ3n) is 7.10. The summed E-state index contributed by atoms with van der Waals surface area (Å²) in [6.45, 7) is 2.18. The Balaban J connectivity index is 1.64. The van der Waals surface area contributed by atoms with Crippen LogP contribution < -0.4 is 5.32 Å². The van der Waals surface area contributed by atoms with Crippen LogP contribution in [0, 0.1) is 17.8 Å². The van der Waals surface area contributed by atoms with Gasteiger partial charge in [0.15, 0.2) is 0 Å². The van der Waals surface area contributed by atoms with E-state index in [1.807, 2.05) is 6.07 Å². The molecule has 2 saturated carbocycles. The molecule has 3 heteroatoms. The van der Waals surface area contributed by atoms with E-state index in [0.717, 1.165) is 18.0 Å². The van der Waals surface area contributed by atoms with E-state index >= 15 is 0 Å². The van der Waals surface area contributed by atoms with Gasteiger partial charge in [0.05, 0.1) is 17.3 Å². The number of anilines is 1. The Morgan fingerprint density at radius 2 is 1.88 bits per heavy atom. The molecule has 26 heavy (non-hydrogen) atoms. The van der Waals surface area contributed by atoms with Crippen molar-refractivity contribution >= 4 is 11.7 Å².